The largest absolute Gasteiger partial charge is 0.303 e. The van der Waals surface area contributed by atoms with E-state index in [0.29, 0.717) is 24.2 Å². The summed E-state index contributed by atoms with van der Waals surface area (Å²) in [6, 6.07) is 7.19. The van der Waals surface area contributed by atoms with Gasteiger partial charge in [0.05, 0.1) is 11.3 Å². The Labute approximate surface area is 124 Å². The van der Waals surface area contributed by atoms with E-state index in [4.69, 9.17) is 0 Å². The number of benzene rings is 1. The van der Waals surface area contributed by atoms with E-state index in [2.05, 4.69) is 21.0 Å². The van der Waals surface area contributed by atoms with Gasteiger partial charge in [0.1, 0.15) is 0 Å². The molecule has 2 aromatic rings. The second kappa shape index (κ2) is 4.86. The molecule has 0 radical (unpaired) electrons. The van der Waals surface area contributed by atoms with Gasteiger partial charge in [-0.2, -0.15) is 5.10 Å². The number of aryl methyl sites for hydroxylation is 1. The van der Waals surface area contributed by atoms with Gasteiger partial charge < -0.3 is 4.90 Å². The van der Waals surface area contributed by atoms with Crippen LogP contribution in [0.2, 0.25) is 0 Å². The van der Waals surface area contributed by atoms with Crippen LogP contribution in [-0.2, 0) is 18.3 Å². The number of hydrogen-bond acceptors (Lipinski definition) is 3. The first-order valence-corrected chi connectivity index (χ1v) is 7.00. The van der Waals surface area contributed by atoms with Gasteiger partial charge in [0.15, 0.2) is 0 Å². The zero-order valence-corrected chi connectivity index (χ0v) is 12.4. The van der Waals surface area contributed by atoms with Crippen LogP contribution in [0.1, 0.15) is 16.1 Å². The van der Waals surface area contributed by atoms with E-state index >= 15 is 0 Å². The lowest BCUT2D eigenvalue weighted by Crippen LogP contribution is -2.32. The molecule has 0 unspecified atom stereocenters. The first-order chi connectivity index (χ1) is 9.59. The van der Waals surface area contributed by atoms with Crippen molar-refractivity contribution in [3.05, 3.63) is 46.2 Å². The molecule has 3 rings (SSSR count). The van der Waals surface area contributed by atoms with Crippen molar-refractivity contribution >= 4 is 33.3 Å². The van der Waals surface area contributed by atoms with Crippen LogP contribution in [0.5, 0.6) is 0 Å². The van der Waals surface area contributed by atoms with Crippen molar-refractivity contribution < 1.29 is 9.59 Å². The third-order valence-electron chi connectivity index (χ3n) is 3.45. The van der Waals surface area contributed by atoms with Crippen LogP contribution in [-0.4, -0.2) is 28.0 Å². The Hall–Kier alpha value is -1.95. The van der Waals surface area contributed by atoms with Gasteiger partial charge in [-0.15, -0.1) is 0 Å². The summed E-state index contributed by atoms with van der Waals surface area (Å²) in [6.45, 7) is 0.458. The zero-order valence-electron chi connectivity index (χ0n) is 10.8. The van der Waals surface area contributed by atoms with E-state index < -0.39 is 11.7 Å². The molecule has 0 bridgehead atoms. The molecule has 1 aliphatic heterocycles. The fraction of sp³-hybridized carbons (Fsp3) is 0.214. The van der Waals surface area contributed by atoms with Gasteiger partial charge in [-0.05, 0) is 34.1 Å². The fourth-order valence-electron chi connectivity index (χ4n) is 2.40. The minimum absolute atomic E-state index is 0.439. The summed E-state index contributed by atoms with van der Waals surface area (Å²) in [5, 5.41) is 4.09. The normalized spacial score (nSPS) is 14.0. The Bertz CT molecular complexity index is 708. The minimum atomic E-state index is -0.464. The van der Waals surface area contributed by atoms with Gasteiger partial charge in [-0.1, -0.05) is 6.07 Å². The quantitative estimate of drug-likeness (QED) is 0.807. The molecule has 1 aromatic heterocycles. The smallest absolute Gasteiger partial charge is 0.299 e. The average Bonchev–Trinajstić information content (AvgIpc) is 2.94. The molecule has 1 aromatic carbocycles. The number of anilines is 1. The molecule has 5 nitrogen and oxygen atoms in total. The van der Waals surface area contributed by atoms with Crippen LogP contribution in [0.25, 0.3) is 0 Å². The molecule has 0 spiro atoms. The van der Waals surface area contributed by atoms with Crippen LogP contribution in [0, 0.1) is 0 Å². The van der Waals surface area contributed by atoms with Crippen molar-refractivity contribution in [3.63, 3.8) is 0 Å². The maximum atomic E-state index is 12.1. The van der Waals surface area contributed by atoms with Crippen LogP contribution >= 0.6 is 15.9 Å². The van der Waals surface area contributed by atoms with Crippen LogP contribution < -0.4 is 4.90 Å². The van der Waals surface area contributed by atoms with Crippen molar-refractivity contribution in [2.75, 3.05) is 11.4 Å². The van der Waals surface area contributed by atoms with Gasteiger partial charge in [-0.25, -0.2) is 0 Å². The molecule has 0 fully saturated rings. The second-order valence-corrected chi connectivity index (χ2v) is 5.47. The van der Waals surface area contributed by atoms with Crippen molar-refractivity contribution in [2.24, 2.45) is 7.05 Å². The molecule has 1 aliphatic rings. The summed E-state index contributed by atoms with van der Waals surface area (Å²) in [5.74, 6) is -0.902. The molecule has 0 saturated carbocycles. The maximum absolute atomic E-state index is 12.1. The first-order valence-electron chi connectivity index (χ1n) is 6.21. The molecule has 2 heterocycles. The number of halogens is 1. The summed E-state index contributed by atoms with van der Waals surface area (Å²) >= 11 is 3.41. The Morgan fingerprint density at radius 2 is 2.05 bits per heavy atom. The molecule has 0 saturated heterocycles. The third-order valence-corrected chi connectivity index (χ3v) is 4.09. The molecule has 1 amide bonds. The lowest BCUT2D eigenvalue weighted by molar-refractivity contribution is -0.114. The van der Waals surface area contributed by atoms with Gasteiger partial charge >= 0.3 is 0 Å². The number of nitrogens with zero attached hydrogens (tertiary/aromatic N) is 3. The van der Waals surface area contributed by atoms with Crippen LogP contribution in [0.4, 0.5) is 5.69 Å². The van der Waals surface area contributed by atoms with Crippen molar-refractivity contribution in [3.8, 4) is 0 Å². The Morgan fingerprint density at radius 3 is 2.75 bits per heavy atom. The average molecular weight is 334 g/mol. The van der Waals surface area contributed by atoms with Crippen molar-refractivity contribution in [1.29, 1.82) is 0 Å². The van der Waals surface area contributed by atoms with Gasteiger partial charge in [0.25, 0.3) is 11.7 Å². The Kier molecular flexibility index (Phi) is 3.17. The lowest BCUT2D eigenvalue weighted by atomic mass is 10.1. The summed E-state index contributed by atoms with van der Waals surface area (Å²) < 4.78 is 2.53. The molecule has 0 atom stereocenters. The van der Waals surface area contributed by atoms with Crippen LogP contribution in [0.3, 0.4) is 0 Å². The van der Waals surface area contributed by atoms with E-state index in [1.54, 1.807) is 23.0 Å². The third kappa shape index (κ3) is 1.96. The highest BCUT2D eigenvalue weighted by Crippen LogP contribution is 2.35. The number of rotatable bonds is 3. The number of para-hydroxylation sites is 1. The number of fused-ring (bicyclic) bond motifs is 1. The van der Waals surface area contributed by atoms with Crippen molar-refractivity contribution in [2.45, 2.75) is 6.42 Å². The van der Waals surface area contributed by atoms with Gasteiger partial charge in [0.2, 0.25) is 0 Å². The standard InChI is InChI=1S/C14H12BrN3O2/c1-17-9(5-7-16-17)6-8-18-12-10(13(19)14(18)20)3-2-4-11(12)15/h2-5,7H,6,8H2,1H3. The number of Topliss-reactive ketones (excluding diaryl/α,β-unsaturated/α-hetero) is 1. The summed E-state index contributed by atoms with van der Waals surface area (Å²) in [4.78, 5) is 25.6. The summed E-state index contributed by atoms with van der Waals surface area (Å²) in [6.07, 6.45) is 2.37. The molecule has 20 heavy (non-hydrogen) atoms. The van der Waals surface area contributed by atoms with E-state index in [9.17, 15) is 9.59 Å². The predicted molar refractivity (Wildman–Crippen MR) is 77.7 cm³/mol. The number of amides is 1. The van der Waals surface area contributed by atoms with Crippen molar-refractivity contribution in [1.82, 2.24) is 9.78 Å². The number of carbonyl (C=O) groups is 2. The topological polar surface area (TPSA) is 55.2 Å². The van der Waals surface area contributed by atoms with E-state index in [1.165, 1.54) is 4.90 Å². The van der Waals surface area contributed by atoms with Gasteiger partial charge in [-0.3, -0.25) is 14.3 Å². The Morgan fingerprint density at radius 1 is 1.25 bits per heavy atom. The fourth-order valence-corrected chi connectivity index (χ4v) is 2.98. The highest BCUT2D eigenvalue weighted by atomic mass is 79.9. The molecule has 0 aliphatic carbocycles. The van der Waals surface area contributed by atoms with E-state index in [0.717, 1.165) is 10.2 Å². The Balaban J connectivity index is 1.90. The molecular formula is C14H12BrN3O2. The number of hydrogen-bond donors (Lipinski definition) is 0. The zero-order chi connectivity index (χ0) is 14.3. The van der Waals surface area contributed by atoms with Gasteiger partial charge in [0, 0.05) is 36.4 Å². The highest BCUT2D eigenvalue weighted by Gasteiger charge is 2.36. The number of ketones is 1. The number of carbonyl (C=O) groups excluding carboxylic acids is 2. The molecule has 0 N–H and O–H groups in total. The maximum Gasteiger partial charge on any atom is 0.299 e. The first kappa shape index (κ1) is 13.1. The predicted octanol–water partition coefficient (Wildman–Crippen LogP) is 1.95. The highest BCUT2D eigenvalue weighted by molar-refractivity contribution is 9.10. The molecular weight excluding hydrogens is 322 g/mol. The molecule has 6 heteroatoms. The minimum Gasteiger partial charge on any atom is -0.303 e. The van der Waals surface area contributed by atoms with E-state index in [1.807, 2.05) is 19.2 Å². The monoisotopic (exact) mass is 333 g/mol. The lowest BCUT2D eigenvalue weighted by Gasteiger charge is -2.17. The van der Waals surface area contributed by atoms with Crippen LogP contribution in [0.15, 0.2) is 34.9 Å². The SMILES string of the molecule is Cn1nccc1CCN1C(=O)C(=O)c2cccc(Br)c21. The summed E-state index contributed by atoms with van der Waals surface area (Å²) in [7, 11) is 1.86. The number of aromatic nitrogens is 2. The molecule has 102 valence electrons. The summed E-state index contributed by atoms with van der Waals surface area (Å²) in [5.41, 5.74) is 2.16. The van der Waals surface area contributed by atoms with E-state index in [-0.39, 0.29) is 0 Å². The second-order valence-electron chi connectivity index (χ2n) is 4.62.